The number of guanidine groups is 1. The molecule has 23 heavy (non-hydrogen) atoms. The van der Waals surface area contributed by atoms with E-state index in [0.29, 0.717) is 5.69 Å². The number of anilines is 1. The van der Waals surface area contributed by atoms with Crippen LogP contribution in [-0.2, 0) is 16.0 Å². The molecule has 1 aromatic carbocycles. The molecule has 1 unspecified atom stereocenters. The Balaban J connectivity index is 2.01. The van der Waals surface area contributed by atoms with Gasteiger partial charge in [0.05, 0.1) is 6.54 Å². The van der Waals surface area contributed by atoms with Gasteiger partial charge in [0.15, 0.2) is 11.7 Å². The van der Waals surface area contributed by atoms with Gasteiger partial charge in [0.1, 0.15) is 0 Å². The van der Waals surface area contributed by atoms with Crippen molar-refractivity contribution >= 4 is 23.5 Å². The molecule has 0 bridgehead atoms. The summed E-state index contributed by atoms with van der Waals surface area (Å²) in [4.78, 5) is 28.1. The van der Waals surface area contributed by atoms with Crippen LogP contribution in [-0.4, -0.2) is 36.4 Å². The molecular weight excluding hydrogens is 298 g/mol. The Hall–Kier alpha value is -3.28. The molecule has 1 atom stereocenters. The number of carbonyl (C=O) groups is 2. The fraction of sp³-hybridized carbons (Fsp3) is 0.286. The van der Waals surface area contributed by atoms with Crippen molar-refractivity contribution in [1.29, 1.82) is 5.26 Å². The van der Waals surface area contributed by atoms with Crippen molar-refractivity contribution in [3.63, 3.8) is 0 Å². The molecule has 0 saturated carbocycles. The summed E-state index contributed by atoms with van der Waals surface area (Å²) >= 11 is 0. The summed E-state index contributed by atoms with van der Waals surface area (Å²) in [6, 6.07) is 7.25. The minimum Gasteiger partial charge on any atom is -0.369 e. The number of carbonyl (C=O) groups excluding carboxylic acids is 2. The van der Waals surface area contributed by atoms with Crippen LogP contribution in [0.15, 0.2) is 29.3 Å². The lowest BCUT2D eigenvalue weighted by molar-refractivity contribution is -0.133. The van der Waals surface area contributed by atoms with Crippen molar-refractivity contribution in [3.8, 4) is 6.19 Å². The van der Waals surface area contributed by atoms with Gasteiger partial charge >= 0.3 is 0 Å². The molecule has 0 aliphatic carbocycles. The maximum Gasteiger partial charge on any atom is 0.255 e. The van der Waals surface area contributed by atoms with E-state index in [1.807, 2.05) is 12.1 Å². The Kier molecular flexibility index (Phi) is 4.66. The van der Waals surface area contributed by atoms with E-state index >= 15 is 0 Å². The van der Waals surface area contributed by atoms with Crippen LogP contribution >= 0.6 is 0 Å². The highest BCUT2D eigenvalue weighted by Crippen LogP contribution is 2.32. The van der Waals surface area contributed by atoms with Crippen LogP contribution < -0.4 is 27.4 Å². The number of rotatable bonds is 5. The van der Waals surface area contributed by atoms with Gasteiger partial charge in [-0.2, -0.15) is 5.26 Å². The van der Waals surface area contributed by atoms with Crippen LogP contribution in [0.1, 0.15) is 5.56 Å². The van der Waals surface area contributed by atoms with E-state index < -0.39 is 17.4 Å². The minimum atomic E-state index is -1.51. The second-order valence-electron chi connectivity index (χ2n) is 4.99. The van der Waals surface area contributed by atoms with Crippen LogP contribution in [0, 0.1) is 11.5 Å². The highest BCUT2D eigenvalue weighted by molar-refractivity contribution is 6.13. The molecule has 7 N–H and O–H groups in total. The predicted molar refractivity (Wildman–Crippen MR) is 83.9 cm³/mol. The SMILES string of the molecule is N#CNC(N)=NCCNC(=O)C1(C(N)=O)Cc2ccccc2N1. The van der Waals surface area contributed by atoms with Crippen LogP contribution in [0.5, 0.6) is 0 Å². The monoisotopic (exact) mass is 315 g/mol. The average molecular weight is 315 g/mol. The van der Waals surface area contributed by atoms with Crippen molar-refractivity contribution in [3.05, 3.63) is 29.8 Å². The average Bonchev–Trinajstić information content (AvgIpc) is 2.92. The molecule has 1 heterocycles. The van der Waals surface area contributed by atoms with E-state index in [9.17, 15) is 9.59 Å². The number of benzene rings is 1. The Labute approximate surface area is 132 Å². The molecule has 9 nitrogen and oxygen atoms in total. The summed E-state index contributed by atoms with van der Waals surface area (Å²) in [6.45, 7) is 0.313. The number of hydrogen-bond acceptors (Lipinski definition) is 5. The number of primary amides is 1. The number of para-hydroxylation sites is 1. The number of nitriles is 1. The molecule has 120 valence electrons. The third-order valence-corrected chi connectivity index (χ3v) is 3.49. The van der Waals surface area contributed by atoms with E-state index in [4.69, 9.17) is 16.7 Å². The third-order valence-electron chi connectivity index (χ3n) is 3.49. The lowest BCUT2D eigenvalue weighted by Gasteiger charge is -2.25. The molecule has 1 aliphatic heterocycles. The standard InChI is InChI=1S/C14H17N7O2/c15-8-20-13(17)19-6-5-18-12(23)14(11(16)22)7-9-3-1-2-4-10(9)21-14/h1-4,21H,5-7H2,(H2,16,22)(H,18,23)(H3,17,19,20). The second kappa shape index (κ2) is 6.65. The minimum absolute atomic E-state index is 0.0437. The van der Waals surface area contributed by atoms with Gasteiger partial charge in [-0.15, -0.1) is 0 Å². The summed E-state index contributed by atoms with van der Waals surface area (Å²) in [5.41, 5.74) is 10.9. The number of nitrogens with one attached hydrogen (secondary N) is 3. The number of nitrogens with zero attached hydrogens (tertiary/aromatic N) is 2. The predicted octanol–water partition coefficient (Wildman–Crippen LogP) is -1.62. The van der Waals surface area contributed by atoms with E-state index in [1.165, 1.54) is 0 Å². The first kappa shape index (κ1) is 16.1. The van der Waals surface area contributed by atoms with E-state index in [2.05, 4.69) is 20.9 Å². The van der Waals surface area contributed by atoms with Crippen molar-refractivity contribution in [2.45, 2.75) is 12.0 Å². The van der Waals surface area contributed by atoms with Crippen molar-refractivity contribution in [2.24, 2.45) is 16.5 Å². The van der Waals surface area contributed by atoms with Gasteiger partial charge in [0, 0.05) is 18.7 Å². The molecule has 9 heteroatoms. The molecule has 2 rings (SSSR count). The summed E-state index contributed by atoms with van der Waals surface area (Å²) in [6.07, 6.45) is 1.81. The van der Waals surface area contributed by atoms with Gasteiger partial charge in [0.25, 0.3) is 11.8 Å². The van der Waals surface area contributed by atoms with Gasteiger partial charge < -0.3 is 22.1 Å². The van der Waals surface area contributed by atoms with Gasteiger partial charge in [-0.25, -0.2) is 0 Å². The molecule has 0 radical (unpaired) electrons. The van der Waals surface area contributed by atoms with E-state index in [-0.39, 0.29) is 25.5 Å². The zero-order valence-corrected chi connectivity index (χ0v) is 12.3. The number of aliphatic imine (C=N–C) groups is 1. The van der Waals surface area contributed by atoms with Gasteiger partial charge in [0.2, 0.25) is 5.96 Å². The highest BCUT2D eigenvalue weighted by atomic mass is 16.2. The normalized spacial score (nSPS) is 19.2. The van der Waals surface area contributed by atoms with Gasteiger partial charge in [-0.05, 0) is 11.6 Å². The van der Waals surface area contributed by atoms with Crippen molar-refractivity contribution in [2.75, 3.05) is 18.4 Å². The van der Waals surface area contributed by atoms with Crippen molar-refractivity contribution in [1.82, 2.24) is 10.6 Å². The summed E-state index contributed by atoms with van der Waals surface area (Å²) in [7, 11) is 0. The van der Waals surface area contributed by atoms with E-state index in [1.54, 1.807) is 18.3 Å². The number of hydrogen-bond donors (Lipinski definition) is 5. The quantitative estimate of drug-likeness (QED) is 0.110. The maximum atomic E-state index is 12.4. The largest absolute Gasteiger partial charge is 0.369 e. The summed E-state index contributed by atoms with van der Waals surface area (Å²) < 4.78 is 0. The zero-order valence-electron chi connectivity index (χ0n) is 12.3. The Morgan fingerprint density at radius 3 is 2.78 bits per heavy atom. The van der Waals surface area contributed by atoms with Gasteiger partial charge in [-0.3, -0.25) is 19.9 Å². The summed E-state index contributed by atoms with van der Waals surface area (Å²) in [5, 5.41) is 16.0. The molecule has 0 fully saturated rings. The Morgan fingerprint density at radius 2 is 2.13 bits per heavy atom. The second-order valence-corrected chi connectivity index (χ2v) is 4.99. The molecule has 1 aromatic rings. The topological polar surface area (TPSA) is 158 Å². The Morgan fingerprint density at radius 1 is 1.39 bits per heavy atom. The number of amides is 2. The first-order chi connectivity index (χ1) is 11.0. The zero-order chi connectivity index (χ0) is 16.9. The Bertz CT molecular complexity index is 668. The number of nitrogens with two attached hydrogens (primary N) is 2. The smallest absolute Gasteiger partial charge is 0.255 e. The van der Waals surface area contributed by atoms with Crippen LogP contribution in [0.4, 0.5) is 5.69 Å². The first-order valence-electron chi connectivity index (χ1n) is 6.89. The molecular formula is C14H17N7O2. The van der Waals surface area contributed by atoms with Crippen LogP contribution in [0.2, 0.25) is 0 Å². The first-order valence-corrected chi connectivity index (χ1v) is 6.89. The third kappa shape index (κ3) is 3.32. The van der Waals surface area contributed by atoms with Gasteiger partial charge in [-0.1, -0.05) is 18.2 Å². The van der Waals surface area contributed by atoms with E-state index in [0.717, 1.165) is 5.56 Å². The summed E-state index contributed by atoms with van der Waals surface area (Å²) in [5.74, 6) is -1.32. The molecule has 1 aliphatic rings. The molecule has 0 spiro atoms. The molecule has 0 aromatic heterocycles. The van der Waals surface area contributed by atoms with Crippen LogP contribution in [0.25, 0.3) is 0 Å². The highest BCUT2D eigenvalue weighted by Gasteiger charge is 2.48. The molecule has 2 amide bonds. The fourth-order valence-electron chi connectivity index (χ4n) is 2.35. The van der Waals surface area contributed by atoms with Crippen LogP contribution in [0.3, 0.4) is 0 Å². The lowest BCUT2D eigenvalue weighted by Crippen LogP contribution is -2.60. The molecule has 0 saturated heterocycles. The number of fused-ring (bicyclic) bond motifs is 1. The maximum absolute atomic E-state index is 12.4. The lowest BCUT2D eigenvalue weighted by atomic mass is 9.93. The fourth-order valence-corrected chi connectivity index (χ4v) is 2.35. The van der Waals surface area contributed by atoms with Crippen molar-refractivity contribution < 1.29 is 9.59 Å².